The molecule has 0 spiro atoms. The van der Waals surface area contributed by atoms with Crippen LogP contribution in [0.3, 0.4) is 0 Å². The van der Waals surface area contributed by atoms with Gasteiger partial charge in [0.05, 0.1) is 0 Å². The molecule has 0 atom stereocenters. The van der Waals surface area contributed by atoms with Crippen LogP contribution in [0.25, 0.3) is 75.1 Å². The molecule has 0 nitrogen and oxygen atoms in total. The summed E-state index contributed by atoms with van der Waals surface area (Å²) in [6, 6.07) is 53.4. The molecule has 0 saturated carbocycles. The van der Waals surface area contributed by atoms with E-state index in [1.807, 2.05) is 11.3 Å². The maximum Gasteiger partial charge on any atom is 0.0355 e. The molecule has 8 aromatic rings. The van der Waals surface area contributed by atoms with E-state index in [4.69, 9.17) is 0 Å². The van der Waals surface area contributed by atoms with Crippen molar-refractivity contribution in [1.82, 2.24) is 0 Å². The van der Waals surface area contributed by atoms with E-state index in [2.05, 4.69) is 146 Å². The van der Waals surface area contributed by atoms with Gasteiger partial charge in [-0.15, -0.1) is 11.3 Å². The monoisotopic (exact) mass is 512 g/mol. The first-order valence-electron chi connectivity index (χ1n) is 13.3. The fraction of sp³-hybridized carbons (Fsp3) is 0. The van der Waals surface area contributed by atoms with Gasteiger partial charge in [-0.3, -0.25) is 0 Å². The molecule has 0 radical (unpaired) electrons. The van der Waals surface area contributed by atoms with Crippen molar-refractivity contribution >= 4 is 53.1 Å². The normalized spacial score (nSPS) is 11.6. The van der Waals surface area contributed by atoms with Gasteiger partial charge in [-0.2, -0.15) is 0 Å². The summed E-state index contributed by atoms with van der Waals surface area (Å²) >= 11 is 1.88. The van der Waals surface area contributed by atoms with Crippen molar-refractivity contribution in [2.75, 3.05) is 0 Å². The van der Waals surface area contributed by atoms with E-state index < -0.39 is 0 Å². The van der Waals surface area contributed by atoms with Crippen molar-refractivity contribution in [3.8, 4) is 33.4 Å². The maximum absolute atomic E-state index is 2.40. The second-order valence-electron chi connectivity index (χ2n) is 10.2. The van der Waals surface area contributed by atoms with Crippen LogP contribution < -0.4 is 0 Å². The molecule has 0 N–H and O–H groups in total. The average molecular weight is 513 g/mol. The Morgan fingerprint density at radius 3 is 1.49 bits per heavy atom. The predicted octanol–water partition coefficient (Wildman–Crippen LogP) is 11.4. The lowest BCUT2D eigenvalue weighted by Gasteiger charge is -2.13. The van der Waals surface area contributed by atoms with Crippen LogP contribution in [0.15, 0.2) is 146 Å². The summed E-state index contributed by atoms with van der Waals surface area (Å²) in [7, 11) is 0. The van der Waals surface area contributed by atoms with Crippen molar-refractivity contribution in [1.29, 1.82) is 0 Å². The average Bonchev–Trinajstić information content (AvgIpc) is 3.38. The Kier molecular flexibility index (Phi) is 5.11. The Hall–Kier alpha value is -4.72. The first-order valence-corrected chi connectivity index (χ1v) is 14.2. The number of thiophene rings is 1. The van der Waals surface area contributed by atoms with Gasteiger partial charge in [0.2, 0.25) is 0 Å². The second kappa shape index (κ2) is 8.94. The van der Waals surface area contributed by atoms with Crippen molar-refractivity contribution < 1.29 is 0 Å². The zero-order valence-electron chi connectivity index (χ0n) is 21.3. The van der Waals surface area contributed by atoms with E-state index in [9.17, 15) is 0 Å². The number of fused-ring (bicyclic) bond motifs is 5. The van der Waals surface area contributed by atoms with E-state index in [0.29, 0.717) is 0 Å². The molecule has 1 aromatic heterocycles. The highest BCUT2D eigenvalue weighted by Gasteiger charge is 2.13. The Labute approximate surface area is 231 Å². The van der Waals surface area contributed by atoms with Crippen molar-refractivity contribution in [2.45, 2.75) is 0 Å². The number of rotatable bonds is 3. The highest BCUT2D eigenvalue weighted by atomic mass is 32.1. The minimum absolute atomic E-state index is 1.24. The molecule has 1 heteroatoms. The van der Waals surface area contributed by atoms with Crippen LogP contribution in [-0.4, -0.2) is 0 Å². The summed E-state index contributed by atoms with van der Waals surface area (Å²) in [4.78, 5) is 0. The Morgan fingerprint density at radius 1 is 0.308 bits per heavy atom. The van der Waals surface area contributed by atoms with Crippen LogP contribution in [-0.2, 0) is 0 Å². The van der Waals surface area contributed by atoms with Gasteiger partial charge in [-0.05, 0) is 97.4 Å². The summed E-state index contributed by atoms with van der Waals surface area (Å²) in [5.41, 5.74) is 7.55. The summed E-state index contributed by atoms with van der Waals surface area (Å²) < 4.78 is 2.65. The zero-order valence-corrected chi connectivity index (χ0v) is 22.1. The third kappa shape index (κ3) is 3.82. The summed E-state index contributed by atoms with van der Waals surface area (Å²) in [5.74, 6) is 0. The fourth-order valence-corrected chi connectivity index (χ4v) is 6.90. The molecule has 39 heavy (non-hydrogen) atoms. The third-order valence-electron chi connectivity index (χ3n) is 7.83. The van der Waals surface area contributed by atoms with Gasteiger partial charge >= 0.3 is 0 Å². The van der Waals surface area contributed by atoms with E-state index >= 15 is 0 Å². The molecule has 0 saturated heterocycles. The van der Waals surface area contributed by atoms with Crippen molar-refractivity contribution in [3.63, 3.8) is 0 Å². The van der Waals surface area contributed by atoms with Crippen LogP contribution in [0, 0.1) is 0 Å². The van der Waals surface area contributed by atoms with Gasteiger partial charge < -0.3 is 0 Å². The first-order chi connectivity index (χ1) is 19.3. The highest BCUT2D eigenvalue weighted by molar-refractivity contribution is 7.25. The van der Waals surface area contributed by atoms with Gasteiger partial charge in [0.1, 0.15) is 0 Å². The second-order valence-corrected chi connectivity index (χ2v) is 11.3. The standard InChI is InChI=1S/C38H24S/c1-2-9-26(10-3-1)33-21-28-12-6-7-13-29(28)22-34(33)32-17-19-38-36(24-32)35-23-31(16-18-37(35)39-38)30-15-14-25-8-4-5-11-27(25)20-30/h1-24H. The fourth-order valence-electron chi connectivity index (χ4n) is 5.83. The molecule has 0 aliphatic carbocycles. The maximum atomic E-state index is 2.40. The minimum atomic E-state index is 1.24. The van der Waals surface area contributed by atoms with Gasteiger partial charge in [-0.1, -0.05) is 103 Å². The van der Waals surface area contributed by atoms with E-state index in [-0.39, 0.29) is 0 Å². The van der Waals surface area contributed by atoms with E-state index in [1.165, 1.54) is 75.1 Å². The summed E-state index contributed by atoms with van der Waals surface area (Å²) in [6.45, 7) is 0. The van der Waals surface area contributed by atoms with E-state index in [1.54, 1.807) is 0 Å². The predicted molar refractivity (Wildman–Crippen MR) is 171 cm³/mol. The highest BCUT2D eigenvalue weighted by Crippen LogP contribution is 2.41. The van der Waals surface area contributed by atoms with Gasteiger partial charge in [0.15, 0.2) is 0 Å². The molecule has 0 unspecified atom stereocenters. The molecule has 1 heterocycles. The van der Waals surface area contributed by atoms with Crippen molar-refractivity contribution in [2.24, 2.45) is 0 Å². The van der Waals surface area contributed by atoms with E-state index in [0.717, 1.165) is 0 Å². The first kappa shape index (κ1) is 22.3. The molecule has 0 aliphatic rings. The molecule has 0 bridgehead atoms. The topological polar surface area (TPSA) is 0 Å². The van der Waals surface area contributed by atoms with Gasteiger partial charge in [0.25, 0.3) is 0 Å². The Morgan fingerprint density at radius 2 is 0.795 bits per heavy atom. The largest absolute Gasteiger partial charge is 0.135 e. The summed E-state index contributed by atoms with van der Waals surface area (Å²) in [6.07, 6.45) is 0. The molecule has 0 fully saturated rings. The Balaban J connectivity index is 1.33. The van der Waals surface area contributed by atoms with Gasteiger partial charge in [-0.25, -0.2) is 0 Å². The Bertz CT molecular complexity index is 2170. The molecule has 8 rings (SSSR count). The smallest absolute Gasteiger partial charge is 0.0355 e. The van der Waals surface area contributed by atoms with Crippen LogP contribution >= 0.6 is 11.3 Å². The van der Waals surface area contributed by atoms with Crippen LogP contribution in [0.5, 0.6) is 0 Å². The zero-order chi connectivity index (χ0) is 25.8. The summed E-state index contributed by atoms with van der Waals surface area (Å²) in [5, 5.41) is 7.73. The lowest BCUT2D eigenvalue weighted by molar-refractivity contribution is 1.62. The molecule has 182 valence electrons. The number of hydrogen-bond donors (Lipinski definition) is 0. The number of hydrogen-bond acceptors (Lipinski definition) is 1. The van der Waals surface area contributed by atoms with Crippen LogP contribution in [0.2, 0.25) is 0 Å². The van der Waals surface area contributed by atoms with Crippen LogP contribution in [0.1, 0.15) is 0 Å². The molecular formula is C38H24S. The quantitative estimate of drug-likeness (QED) is 0.221. The molecule has 0 amide bonds. The SMILES string of the molecule is c1ccc(-c2cc3ccccc3cc2-c2ccc3sc4ccc(-c5ccc6ccccc6c5)cc4c3c2)cc1. The lowest BCUT2D eigenvalue weighted by atomic mass is 9.91. The van der Waals surface area contributed by atoms with Crippen LogP contribution in [0.4, 0.5) is 0 Å². The van der Waals surface area contributed by atoms with Gasteiger partial charge in [0, 0.05) is 20.2 Å². The third-order valence-corrected chi connectivity index (χ3v) is 8.99. The molecular weight excluding hydrogens is 488 g/mol. The minimum Gasteiger partial charge on any atom is -0.135 e. The molecule has 0 aliphatic heterocycles. The molecule has 7 aromatic carbocycles. The number of benzene rings is 7. The van der Waals surface area contributed by atoms with Crippen molar-refractivity contribution in [3.05, 3.63) is 146 Å². The lowest BCUT2D eigenvalue weighted by Crippen LogP contribution is -1.87.